The Hall–Kier alpha value is -1.03. The number of aryl methyl sites for hydroxylation is 1. The Morgan fingerprint density at radius 2 is 2.17 bits per heavy atom. The number of alkyl halides is 1. The van der Waals surface area contributed by atoms with E-state index in [4.69, 9.17) is 4.74 Å². The molecule has 0 amide bonds. The van der Waals surface area contributed by atoms with E-state index in [2.05, 4.69) is 15.9 Å². The van der Waals surface area contributed by atoms with Gasteiger partial charge in [-0.2, -0.15) is 0 Å². The number of halogens is 1. The van der Waals surface area contributed by atoms with Crippen LogP contribution in [0.5, 0.6) is 11.5 Å². The molecular formula is C14H19BrO3. The standard InChI is InChI=1S/C14H19BrO3/c1-3-5-11-8-12(18-7-4-6-15)9-13(10(2)16)14(11)17/h8-9,17H,3-7H2,1-2H3. The Labute approximate surface area is 116 Å². The molecule has 0 saturated carbocycles. The number of hydrogen-bond acceptors (Lipinski definition) is 3. The number of Topliss-reactive ketones (excluding diaryl/α,β-unsaturated/α-hetero) is 1. The van der Waals surface area contributed by atoms with Crippen LogP contribution >= 0.6 is 15.9 Å². The highest BCUT2D eigenvalue weighted by molar-refractivity contribution is 9.09. The first-order valence-corrected chi connectivity index (χ1v) is 7.27. The maximum Gasteiger partial charge on any atom is 0.163 e. The number of ketones is 1. The SMILES string of the molecule is CCCc1cc(OCCCBr)cc(C(C)=O)c1O. The van der Waals surface area contributed by atoms with Crippen LogP contribution in [0.15, 0.2) is 12.1 Å². The molecule has 1 aromatic rings. The summed E-state index contributed by atoms with van der Waals surface area (Å²) in [6, 6.07) is 3.44. The molecule has 0 spiro atoms. The van der Waals surface area contributed by atoms with E-state index in [9.17, 15) is 9.90 Å². The monoisotopic (exact) mass is 314 g/mol. The highest BCUT2D eigenvalue weighted by atomic mass is 79.9. The summed E-state index contributed by atoms with van der Waals surface area (Å²) in [5.41, 5.74) is 1.12. The molecule has 0 aliphatic carbocycles. The summed E-state index contributed by atoms with van der Waals surface area (Å²) in [5.74, 6) is 0.607. The molecule has 1 N–H and O–H groups in total. The van der Waals surface area contributed by atoms with E-state index >= 15 is 0 Å². The number of phenolic OH excluding ortho intramolecular Hbond substituents is 1. The molecule has 0 aliphatic heterocycles. The van der Waals surface area contributed by atoms with E-state index in [1.54, 1.807) is 6.07 Å². The van der Waals surface area contributed by atoms with E-state index in [0.717, 1.165) is 30.2 Å². The Bertz CT molecular complexity index is 416. The fraction of sp³-hybridized carbons (Fsp3) is 0.500. The van der Waals surface area contributed by atoms with Crippen LogP contribution in [0.1, 0.15) is 42.6 Å². The van der Waals surface area contributed by atoms with Gasteiger partial charge >= 0.3 is 0 Å². The van der Waals surface area contributed by atoms with Crippen molar-refractivity contribution in [1.29, 1.82) is 0 Å². The molecule has 0 aliphatic rings. The van der Waals surface area contributed by atoms with Gasteiger partial charge in [0.2, 0.25) is 0 Å². The molecule has 3 nitrogen and oxygen atoms in total. The topological polar surface area (TPSA) is 46.5 Å². The van der Waals surface area contributed by atoms with Crippen molar-refractivity contribution in [2.45, 2.75) is 33.1 Å². The third kappa shape index (κ3) is 4.02. The molecule has 0 unspecified atom stereocenters. The van der Waals surface area contributed by atoms with Gasteiger partial charge in [0.25, 0.3) is 0 Å². The van der Waals surface area contributed by atoms with Crippen molar-refractivity contribution in [3.63, 3.8) is 0 Å². The summed E-state index contributed by atoms with van der Waals surface area (Å²) in [4.78, 5) is 11.5. The lowest BCUT2D eigenvalue weighted by atomic mass is 10.0. The molecule has 0 heterocycles. The molecule has 1 rings (SSSR count). The van der Waals surface area contributed by atoms with Gasteiger partial charge < -0.3 is 9.84 Å². The lowest BCUT2D eigenvalue weighted by Crippen LogP contribution is -2.02. The quantitative estimate of drug-likeness (QED) is 0.474. The average Bonchev–Trinajstić information content (AvgIpc) is 2.33. The largest absolute Gasteiger partial charge is 0.507 e. The Balaban J connectivity index is 3.00. The van der Waals surface area contributed by atoms with Crippen LogP contribution in [0.25, 0.3) is 0 Å². The van der Waals surface area contributed by atoms with Crippen molar-refractivity contribution in [3.05, 3.63) is 23.3 Å². The molecule has 18 heavy (non-hydrogen) atoms. The fourth-order valence-corrected chi connectivity index (χ4v) is 1.95. The van der Waals surface area contributed by atoms with Gasteiger partial charge in [0.1, 0.15) is 11.5 Å². The van der Waals surface area contributed by atoms with Crippen molar-refractivity contribution in [1.82, 2.24) is 0 Å². The smallest absolute Gasteiger partial charge is 0.163 e. The zero-order valence-electron chi connectivity index (χ0n) is 10.8. The number of ether oxygens (including phenoxy) is 1. The average molecular weight is 315 g/mol. The maximum atomic E-state index is 11.5. The summed E-state index contributed by atoms with van der Waals surface area (Å²) in [7, 11) is 0. The number of phenols is 1. The first kappa shape index (κ1) is 15.0. The van der Waals surface area contributed by atoms with Crippen LogP contribution in [-0.2, 0) is 6.42 Å². The molecule has 1 aromatic carbocycles. The van der Waals surface area contributed by atoms with E-state index < -0.39 is 0 Å². The van der Waals surface area contributed by atoms with Crippen LogP contribution < -0.4 is 4.74 Å². The van der Waals surface area contributed by atoms with E-state index in [0.29, 0.717) is 17.9 Å². The molecular weight excluding hydrogens is 296 g/mol. The summed E-state index contributed by atoms with van der Waals surface area (Å²) in [5, 5.41) is 10.9. The highest BCUT2D eigenvalue weighted by Gasteiger charge is 2.13. The van der Waals surface area contributed by atoms with Crippen molar-refractivity contribution in [2.24, 2.45) is 0 Å². The van der Waals surface area contributed by atoms with E-state index in [-0.39, 0.29) is 11.5 Å². The van der Waals surface area contributed by atoms with Gasteiger partial charge in [-0.3, -0.25) is 4.79 Å². The van der Waals surface area contributed by atoms with Gasteiger partial charge in [0.05, 0.1) is 12.2 Å². The second kappa shape index (κ2) is 7.41. The van der Waals surface area contributed by atoms with E-state index in [1.165, 1.54) is 6.92 Å². The zero-order chi connectivity index (χ0) is 13.5. The van der Waals surface area contributed by atoms with Crippen LogP contribution in [0.3, 0.4) is 0 Å². The molecule has 4 heteroatoms. The fourth-order valence-electron chi connectivity index (χ4n) is 1.72. The zero-order valence-corrected chi connectivity index (χ0v) is 12.4. The third-order valence-electron chi connectivity index (χ3n) is 2.61. The van der Waals surface area contributed by atoms with Gasteiger partial charge in [-0.05, 0) is 37.5 Å². The maximum absolute atomic E-state index is 11.5. The minimum atomic E-state index is -0.143. The predicted octanol–water partition coefficient (Wildman–Crippen LogP) is 3.71. The molecule has 100 valence electrons. The summed E-state index contributed by atoms with van der Waals surface area (Å²) in [6.45, 7) is 4.08. The normalized spacial score (nSPS) is 10.4. The molecule has 0 fully saturated rings. The number of carbonyl (C=O) groups is 1. The predicted molar refractivity (Wildman–Crippen MR) is 76.0 cm³/mol. The third-order valence-corrected chi connectivity index (χ3v) is 3.17. The minimum absolute atomic E-state index is 0.0946. The molecule has 0 atom stereocenters. The Kier molecular flexibility index (Phi) is 6.19. The van der Waals surface area contributed by atoms with Crippen molar-refractivity contribution in [3.8, 4) is 11.5 Å². The van der Waals surface area contributed by atoms with E-state index in [1.807, 2.05) is 13.0 Å². The van der Waals surface area contributed by atoms with Gasteiger partial charge in [-0.25, -0.2) is 0 Å². The number of rotatable bonds is 7. The Morgan fingerprint density at radius 1 is 1.44 bits per heavy atom. The summed E-state index contributed by atoms with van der Waals surface area (Å²) < 4.78 is 5.59. The first-order valence-electron chi connectivity index (χ1n) is 6.15. The second-order valence-electron chi connectivity index (χ2n) is 4.18. The van der Waals surface area contributed by atoms with Crippen LogP contribution in [-0.4, -0.2) is 22.8 Å². The van der Waals surface area contributed by atoms with Crippen LogP contribution in [0.2, 0.25) is 0 Å². The van der Waals surface area contributed by atoms with Gasteiger partial charge in [-0.1, -0.05) is 29.3 Å². The van der Waals surface area contributed by atoms with Crippen molar-refractivity contribution in [2.75, 3.05) is 11.9 Å². The Morgan fingerprint density at radius 3 is 2.72 bits per heavy atom. The van der Waals surface area contributed by atoms with Gasteiger partial charge in [0.15, 0.2) is 5.78 Å². The van der Waals surface area contributed by atoms with Crippen molar-refractivity contribution >= 4 is 21.7 Å². The highest BCUT2D eigenvalue weighted by Crippen LogP contribution is 2.30. The lowest BCUT2D eigenvalue weighted by Gasteiger charge is -2.12. The summed E-state index contributed by atoms with van der Waals surface area (Å²) in [6.07, 6.45) is 2.55. The summed E-state index contributed by atoms with van der Waals surface area (Å²) >= 11 is 3.34. The van der Waals surface area contributed by atoms with Crippen LogP contribution in [0, 0.1) is 0 Å². The van der Waals surface area contributed by atoms with Crippen molar-refractivity contribution < 1.29 is 14.6 Å². The minimum Gasteiger partial charge on any atom is -0.507 e. The first-order chi connectivity index (χ1) is 8.60. The molecule has 0 bridgehead atoms. The number of carbonyl (C=O) groups excluding carboxylic acids is 1. The van der Waals surface area contributed by atoms with Gasteiger partial charge in [0, 0.05) is 5.33 Å². The number of benzene rings is 1. The number of aromatic hydroxyl groups is 1. The lowest BCUT2D eigenvalue weighted by molar-refractivity contribution is 0.101. The second-order valence-corrected chi connectivity index (χ2v) is 4.97. The number of hydrogen-bond donors (Lipinski definition) is 1. The molecule has 0 aromatic heterocycles. The molecule has 0 radical (unpaired) electrons. The van der Waals surface area contributed by atoms with Crippen LogP contribution in [0.4, 0.5) is 0 Å². The molecule has 0 saturated heterocycles. The van der Waals surface area contributed by atoms with Gasteiger partial charge in [-0.15, -0.1) is 0 Å².